The number of hydrogen-bond donors (Lipinski definition) is 2. The maximum atomic E-state index is 10.2. The van der Waals surface area contributed by atoms with Crippen molar-refractivity contribution in [1.82, 2.24) is 19.6 Å². The molecule has 0 aliphatic rings. The molecule has 0 spiro atoms. The van der Waals surface area contributed by atoms with Crippen LogP contribution in [-0.4, -0.2) is 37.5 Å². The second-order valence-corrected chi connectivity index (χ2v) is 8.43. The summed E-state index contributed by atoms with van der Waals surface area (Å²) in [5.41, 5.74) is 6.87. The Kier molecular flexibility index (Phi) is 5.74. The van der Waals surface area contributed by atoms with Crippen LogP contribution < -0.4 is 4.74 Å². The first-order chi connectivity index (χ1) is 17.0. The number of ether oxygens (including phenoxy) is 1. The summed E-state index contributed by atoms with van der Waals surface area (Å²) in [6.45, 7) is 3.20. The molecule has 0 aliphatic carbocycles. The minimum atomic E-state index is 0.0557. The number of benzene rings is 3. The molecule has 7 nitrogen and oxygen atoms in total. The molecule has 0 bridgehead atoms. The summed E-state index contributed by atoms with van der Waals surface area (Å²) in [7, 11) is 1.57. The number of aliphatic hydroxyl groups is 1. The number of nitrogens with one attached hydrogen (secondary N) is 1. The van der Waals surface area contributed by atoms with Crippen LogP contribution in [0.1, 0.15) is 30.8 Å². The predicted molar refractivity (Wildman–Crippen MR) is 138 cm³/mol. The Balaban J connectivity index is 1.59. The van der Waals surface area contributed by atoms with Crippen LogP contribution in [0.4, 0.5) is 0 Å². The molecule has 0 amide bonds. The van der Waals surface area contributed by atoms with Gasteiger partial charge in [0.1, 0.15) is 11.6 Å². The lowest BCUT2D eigenvalue weighted by molar-refractivity contribution is 0.409. The Labute approximate surface area is 202 Å². The molecule has 2 N–H and O–H groups in total. The first-order valence-corrected chi connectivity index (χ1v) is 11.3. The van der Waals surface area contributed by atoms with Gasteiger partial charge in [-0.3, -0.25) is 9.38 Å². The van der Waals surface area contributed by atoms with Crippen molar-refractivity contribution in [2.75, 3.05) is 7.11 Å². The maximum absolute atomic E-state index is 10.2. The SMILES string of the molecule is COc1cc2c(cc1/C(C(C)=N)=C(\C)O)ncc1nnc(Cc3ccc(-c4ccccc4)cc3)n12. The summed E-state index contributed by atoms with van der Waals surface area (Å²) in [6.07, 6.45) is 2.28. The van der Waals surface area contributed by atoms with Gasteiger partial charge in [-0.15, -0.1) is 10.2 Å². The highest BCUT2D eigenvalue weighted by atomic mass is 16.5. The molecule has 35 heavy (non-hydrogen) atoms. The highest BCUT2D eigenvalue weighted by Crippen LogP contribution is 2.33. The van der Waals surface area contributed by atoms with E-state index in [1.165, 1.54) is 5.56 Å². The highest BCUT2D eigenvalue weighted by molar-refractivity contribution is 6.22. The Hall–Kier alpha value is -4.52. The topological polar surface area (TPSA) is 96.4 Å². The van der Waals surface area contributed by atoms with Crippen LogP contribution in [0, 0.1) is 5.41 Å². The van der Waals surface area contributed by atoms with Gasteiger partial charge >= 0.3 is 0 Å². The monoisotopic (exact) mass is 463 g/mol. The molecule has 5 aromatic rings. The predicted octanol–water partition coefficient (Wildman–Crippen LogP) is 5.87. The zero-order chi connectivity index (χ0) is 24.5. The largest absolute Gasteiger partial charge is 0.512 e. The van der Waals surface area contributed by atoms with Crippen LogP contribution in [0.2, 0.25) is 0 Å². The van der Waals surface area contributed by atoms with Crippen LogP contribution in [-0.2, 0) is 6.42 Å². The molecule has 2 heterocycles. The van der Waals surface area contributed by atoms with E-state index in [-0.39, 0.29) is 11.5 Å². The quantitative estimate of drug-likeness (QED) is 0.242. The van der Waals surface area contributed by atoms with Gasteiger partial charge in [0.25, 0.3) is 0 Å². The third-order valence-electron chi connectivity index (χ3n) is 6.04. The number of nitrogens with zero attached hydrogens (tertiary/aromatic N) is 4. The van der Waals surface area contributed by atoms with Gasteiger partial charge in [-0.1, -0.05) is 54.6 Å². The van der Waals surface area contributed by atoms with E-state index < -0.39 is 0 Å². The summed E-state index contributed by atoms with van der Waals surface area (Å²) in [4.78, 5) is 4.56. The fraction of sp³-hybridized carbons (Fsp3) is 0.143. The molecule has 2 aromatic heterocycles. The van der Waals surface area contributed by atoms with Gasteiger partial charge < -0.3 is 15.3 Å². The van der Waals surface area contributed by atoms with Crippen LogP contribution >= 0.6 is 0 Å². The molecule has 0 saturated heterocycles. The van der Waals surface area contributed by atoms with E-state index in [9.17, 15) is 5.11 Å². The maximum Gasteiger partial charge on any atom is 0.179 e. The zero-order valence-electron chi connectivity index (χ0n) is 19.8. The highest BCUT2D eigenvalue weighted by Gasteiger charge is 2.18. The van der Waals surface area contributed by atoms with Gasteiger partial charge in [0.2, 0.25) is 0 Å². The van der Waals surface area contributed by atoms with Crippen LogP contribution in [0.3, 0.4) is 0 Å². The fourth-order valence-corrected chi connectivity index (χ4v) is 4.42. The van der Waals surface area contributed by atoms with Crippen LogP contribution in [0.5, 0.6) is 5.75 Å². The number of fused-ring (bicyclic) bond motifs is 3. The van der Waals surface area contributed by atoms with Crippen molar-refractivity contribution in [2.24, 2.45) is 0 Å². The van der Waals surface area contributed by atoms with Crippen molar-refractivity contribution in [2.45, 2.75) is 20.3 Å². The Morgan fingerprint density at radius 2 is 1.69 bits per heavy atom. The summed E-state index contributed by atoms with van der Waals surface area (Å²) >= 11 is 0. The number of methoxy groups -OCH3 is 1. The first kappa shape index (κ1) is 22.3. The van der Waals surface area contributed by atoms with Crippen LogP contribution in [0.15, 0.2) is 78.7 Å². The van der Waals surface area contributed by atoms with Crippen LogP contribution in [0.25, 0.3) is 33.4 Å². The number of allylic oxidation sites excluding steroid dienone is 2. The molecule has 0 aliphatic heterocycles. The van der Waals surface area contributed by atoms with Gasteiger partial charge in [-0.25, -0.2) is 0 Å². The Morgan fingerprint density at radius 1 is 0.971 bits per heavy atom. The molecule has 5 rings (SSSR count). The Morgan fingerprint density at radius 3 is 2.34 bits per heavy atom. The van der Waals surface area contributed by atoms with Gasteiger partial charge in [-0.05, 0) is 36.6 Å². The van der Waals surface area contributed by atoms with E-state index in [0.717, 1.165) is 22.5 Å². The van der Waals surface area contributed by atoms with Crippen molar-refractivity contribution >= 4 is 28.0 Å². The third kappa shape index (κ3) is 4.12. The summed E-state index contributed by atoms with van der Waals surface area (Å²) in [6, 6.07) is 22.4. The standard InChI is InChI=1S/C28H25N5O2/c1-17(29)28(18(2)34)22-14-23-24(15-25(22)35-3)33-26(31-32-27(33)16-30-23)13-19-9-11-21(12-10-19)20-7-5-4-6-8-20/h4-12,14-16,29,34H,13H2,1-3H3/b28-18+,29-17?. The summed E-state index contributed by atoms with van der Waals surface area (Å²) in [5.74, 6) is 1.38. The summed E-state index contributed by atoms with van der Waals surface area (Å²) in [5, 5.41) is 27.1. The van der Waals surface area contributed by atoms with E-state index in [1.54, 1.807) is 27.2 Å². The fourth-order valence-electron chi connectivity index (χ4n) is 4.42. The van der Waals surface area contributed by atoms with Gasteiger partial charge in [0, 0.05) is 29.3 Å². The molecular formula is C28H25N5O2. The second kappa shape index (κ2) is 9.02. The van der Waals surface area contributed by atoms with E-state index in [1.807, 2.05) is 34.7 Å². The lowest BCUT2D eigenvalue weighted by atomic mass is 9.99. The number of rotatable bonds is 6. The third-order valence-corrected chi connectivity index (χ3v) is 6.04. The van der Waals surface area contributed by atoms with E-state index >= 15 is 0 Å². The molecule has 7 heteroatoms. The lowest BCUT2D eigenvalue weighted by Crippen LogP contribution is -2.04. The van der Waals surface area contributed by atoms with E-state index in [2.05, 4.69) is 51.6 Å². The molecule has 0 unspecified atom stereocenters. The zero-order valence-corrected chi connectivity index (χ0v) is 19.8. The molecule has 0 atom stereocenters. The molecular weight excluding hydrogens is 438 g/mol. The average molecular weight is 464 g/mol. The molecule has 174 valence electrons. The van der Waals surface area contributed by atoms with Gasteiger partial charge in [-0.2, -0.15) is 0 Å². The van der Waals surface area contributed by atoms with Crippen molar-refractivity contribution in [3.63, 3.8) is 0 Å². The molecule has 3 aromatic carbocycles. The Bertz CT molecular complexity index is 1580. The smallest absolute Gasteiger partial charge is 0.179 e. The summed E-state index contributed by atoms with van der Waals surface area (Å²) < 4.78 is 7.63. The second-order valence-electron chi connectivity index (χ2n) is 8.43. The van der Waals surface area contributed by atoms with Crippen molar-refractivity contribution in [1.29, 1.82) is 5.41 Å². The van der Waals surface area contributed by atoms with E-state index in [0.29, 0.717) is 34.5 Å². The number of aromatic nitrogens is 4. The number of hydrogen-bond acceptors (Lipinski definition) is 6. The number of aliphatic hydroxyl groups excluding tert-OH is 1. The molecule has 0 fully saturated rings. The van der Waals surface area contributed by atoms with Gasteiger partial charge in [0.05, 0.1) is 30.1 Å². The van der Waals surface area contributed by atoms with Crippen molar-refractivity contribution in [3.8, 4) is 16.9 Å². The average Bonchev–Trinajstić information content (AvgIpc) is 3.27. The first-order valence-electron chi connectivity index (χ1n) is 11.3. The minimum absolute atomic E-state index is 0.0557. The minimum Gasteiger partial charge on any atom is -0.512 e. The molecule has 0 saturated carbocycles. The molecule has 0 radical (unpaired) electrons. The van der Waals surface area contributed by atoms with Gasteiger partial charge in [0.15, 0.2) is 5.65 Å². The van der Waals surface area contributed by atoms with E-state index in [4.69, 9.17) is 10.1 Å². The lowest BCUT2D eigenvalue weighted by Gasteiger charge is -2.14. The van der Waals surface area contributed by atoms with Crippen molar-refractivity contribution in [3.05, 3.63) is 95.6 Å². The normalized spacial score (nSPS) is 12.1. The van der Waals surface area contributed by atoms with Crippen molar-refractivity contribution < 1.29 is 9.84 Å².